The van der Waals surface area contributed by atoms with Gasteiger partial charge in [0.25, 0.3) is 0 Å². The maximum atomic E-state index is 11.1. The number of hydrogen-bond donors (Lipinski definition) is 2. The Kier molecular flexibility index (Phi) is 5.89. The molecule has 0 radical (unpaired) electrons. The Morgan fingerprint density at radius 3 is 2.79 bits per heavy atom. The summed E-state index contributed by atoms with van der Waals surface area (Å²) in [6.45, 7) is 0. The van der Waals surface area contributed by atoms with Gasteiger partial charge in [0.05, 0.1) is 5.33 Å². The average Bonchev–Trinajstić information content (AvgIpc) is 2.50. The zero-order chi connectivity index (χ0) is 9.84. The molecule has 0 aliphatic heterocycles. The van der Waals surface area contributed by atoms with Gasteiger partial charge in [-0.3, -0.25) is 4.79 Å². The molecule has 5 nitrogen and oxygen atoms in total. The first-order valence-electron chi connectivity index (χ1n) is 3.28. The lowest BCUT2D eigenvalue weighted by molar-refractivity contribution is 0.102. The maximum Gasteiger partial charge on any atom is 0.212 e. The summed E-state index contributed by atoms with van der Waals surface area (Å²) in [6, 6.07) is 0. The highest BCUT2D eigenvalue weighted by atomic mass is 79.9. The highest BCUT2D eigenvalue weighted by Crippen LogP contribution is 2.18. The van der Waals surface area contributed by atoms with E-state index >= 15 is 0 Å². The van der Waals surface area contributed by atoms with E-state index in [9.17, 15) is 4.79 Å². The number of aromatic nitrogens is 1. The lowest BCUT2D eigenvalue weighted by Gasteiger charge is -1.87. The zero-order valence-electron chi connectivity index (χ0n) is 6.94. The van der Waals surface area contributed by atoms with Crippen molar-refractivity contribution in [2.45, 2.75) is 0 Å². The van der Waals surface area contributed by atoms with E-state index in [0.717, 1.165) is 0 Å². The van der Waals surface area contributed by atoms with Crippen molar-refractivity contribution in [1.29, 1.82) is 0 Å². The summed E-state index contributed by atoms with van der Waals surface area (Å²) >= 11 is 4.26. The Bertz CT molecular complexity index is 347. The number of halogens is 2. The summed E-state index contributed by atoms with van der Waals surface area (Å²) in [5, 5.41) is 2.26. The van der Waals surface area contributed by atoms with Crippen LogP contribution in [-0.2, 0) is 0 Å². The van der Waals surface area contributed by atoms with Crippen LogP contribution in [0.4, 0.5) is 5.13 Å². The van der Waals surface area contributed by atoms with Gasteiger partial charge in [-0.05, 0) is 0 Å². The zero-order valence-corrected chi connectivity index (χ0v) is 11.1. The number of nitrogens with zero attached hydrogens (tertiary/aromatic N) is 2. The van der Waals surface area contributed by atoms with Crippen LogP contribution in [0.5, 0.6) is 0 Å². The predicted octanol–water partition coefficient (Wildman–Crippen LogP) is 1.20. The molecule has 1 aromatic rings. The molecule has 0 aliphatic rings. The average molecular weight is 344 g/mol. The number of carbonyl (C=O) groups excluding carboxylic acids is 1. The van der Waals surface area contributed by atoms with Crippen molar-refractivity contribution in [3.05, 3.63) is 11.1 Å². The topological polar surface area (TPSA) is 94.4 Å². The lowest BCUT2D eigenvalue weighted by atomic mass is 10.4. The van der Waals surface area contributed by atoms with Crippen molar-refractivity contribution in [2.24, 2.45) is 16.5 Å². The van der Waals surface area contributed by atoms with Crippen molar-refractivity contribution in [3.8, 4) is 0 Å². The predicted molar refractivity (Wildman–Crippen MR) is 66.0 cm³/mol. The number of aliphatic imine (C=N–C) groups is 1. The number of thiazole rings is 1. The van der Waals surface area contributed by atoms with Gasteiger partial charge in [-0.25, -0.2) is 4.98 Å². The van der Waals surface area contributed by atoms with Crippen LogP contribution in [0.1, 0.15) is 10.5 Å². The van der Waals surface area contributed by atoms with Crippen molar-refractivity contribution in [3.63, 3.8) is 0 Å². The number of alkyl halides is 1. The number of nitrogens with two attached hydrogens (primary N) is 2. The molecule has 0 spiro atoms. The summed E-state index contributed by atoms with van der Waals surface area (Å²) in [7, 11) is 0. The second-order valence-electron chi connectivity index (χ2n) is 2.11. The summed E-state index contributed by atoms with van der Waals surface area (Å²) in [5.41, 5.74) is 10.7. The summed E-state index contributed by atoms with van der Waals surface area (Å²) in [4.78, 5) is 18.7. The van der Waals surface area contributed by atoms with Gasteiger partial charge in [0, 0.05) is 5.38 Å². The first-order chi connectivity index (χ1) is 6.13. The second kappa shape index (κ2) is 6.10. The molecule has 0 unspecified atom stereocenters. The fourth-order valence-corrected chi connectivity index (χ4v) is 1.62. The van der Waals surface area contributed by atoms with Crippen LogP contribution >= 0.6 is 44.2 Å². The fourth-order valence-electron chi connectivity index (χ4n) is 0.623. The molecule has 78 valence electrons. The normalized spacial score (nSPS) is 8.93. The van der Waals surface area contributed by atoms with E-state index in [1.807, 2.05) is 0 Å². The molecule has 0 aliphatic carbocycles. The van der Waals surface area contributed by atoms with Gasteiger partial charge in [0.2, 0.25) is 5.13 Å². The molecule has 1 heterocycles. The van der Waals surface area contributed by atoms with Gasteiger partial charge in [0.15, 0.2) is 11.7 Å². The second-order valence-corrected chi connectivity index (χ2v) is 3.51. The van der Waals surface area contributed by atoms with Crippen molar-refractivity contribution < 1.29 is 4.79 Å². The Labute approximate surface area is 104 Å². The minimum atomic E-state index is -0.0895. The van der Waals surface area contributed by atoms with E-state index in [2.05, 4.69) is 25.9 Å². The molecule has 0 aromatic carbocycles. The molecule has 1 aromatic heterocycles. The van der Waals surface area contributed by atoms with Crippen molar-refractivity contribution in [2.75, 3.05) is 5.33 Å². The number of hydrogen-bond acceptors (Lipinski definition) is 4. The maximum absolute atomic E-state index is 11.1. The standard InChI is InChI=1S/C6H7BrN4OS.BrH/c7-1-4(12)3-2-13-6(10-3)11-5(8)9;/h2H,1H2,(H4,8,9,10,11);1H. The third-order valence-electron chi connectivity index (χ3n) is 1.12. The Hall–Kier alpha value is -0.470. The van der Waals surface area contributed by atoms with Crippen LogP contribution in [0.2, 0.25) is 0 Å². The molecule has 0 bridgehead atoms. The molecule has 4 N–H and O–H groups in total. The highest BCUT2D eigenvalue weighted by molar-refractivity contribution is 9.09. The number of guanidine groups is 1. The summed E-state index contributed by atoms with van der Waals surface area (Å²) in [6.07, 6.45) is 0. The molecule has 14 heavy (non-hydrogen) atoms. The van der Waals surface area contributed by atoms with Gasteiger partial charge in [-0.15, -0.1) is 28.3 Å². The molecular formula is C6H8Br2N4OS. The van der Waals surface area contributed by atoms with Crippen LogP contribution in [-0.4, -0.2) is 22.1 Å². The summed E-state index contributed by atoms with van der Waals surface area (Å²) < 4.78 is 0. The largest absolute Gasteiger partial charge is 0.370 e. The first kappa shape index (κ1) is 13.5. The summed E-state index contributed by atoms with van der Waals surface area (Å²) in [5.74, 6) is -0.152. The Morgan fingerprint density at radius 2 is 2.29 bits per heavy atom. The molecule has 0 amide bonds. The van der Waals surface area contributed by atoms with E-state index in [0.29, 0.717) is 10.8 Å². The molecular weight excluding hydrogens is 336 g/mol. The van der Waals surface area contributed by atoms with Crippen LogP contribution in [0.15, 0.2) is 10.4 Å². The van der Waals surface area contributed by atoms with Gasteiger partial charge >= 0.3 is 0 Å². The van der Waals surface area contributed by atoms with Gasteiger partial charge in [-0.2, -0.15) is 4.99 Å². The van der Waals surface area contributed by atoms with E-state index in [-0.39, 0.29) is 34.1 Å². The molecule has 0 saturated carbocycles. The van der Waals surface area contributed by atoms with E-state index in [4.69, 9.17) is 11.5 Å². The molecule has 0 saturated heterocycles. The first-order valence-corrected chi connectivity index (χ1v) is 5.28. The third-order valence-corrected chi connectivity index (χ3v) is 2.37. The van der Waals surface area contributed by atoms with Gasteiger partial charge in [0.1, 0.15) is 5.69 Å². The monoisotopic (exact) mass is 342 g/mol. The number of ketones is 1. The Morgan fingerprint density at radius 1 is 1.64 bits per heavy atom. The van der Waals surface area contributed by atoms with E-state index in [1.165, 1.54) is 11.3 Å². The van der Waals surface area contributed by atoms with Gasteiger partial charge in [-0.1, -0.05) is 15.9 Å². The molecule has 1 rings (SSSR count). The van der Waals surface area contributed by atoms with E-state index < -0.39 is 0 Å². The highest BCUT2D eigenvalue weighted by Gasteiger charge is 2.08. The molecule has 8 heteroatoms. The number of carbonyl (C=O) groups is 1. The van der Waals surface area contributed by atoms with Crippen LogP contribution < -0.4 is 11.5 Å². The molecule has 0 atom stereocenters. The third kappa shape index (κ3) is 3.72. The van der Waals surface area contributed by atoms with Crippen LogP contribution in [0.25, 0.3) is 0 Å². The quantitative estimate of drug-likeness (QED) is 0.373. The fraction of sp³-hybridized carbons (Fsp3) is 0.167. The van der Waals surface area contributed by atoms with Crippen LogP contribution in [0.3, 0.4) is 0 Å². The van der Waals surface area contributed by atoms with Crippen LogP contribution in [0, 0.1) is 0 Å². The smallest absolute Gasteiger partial charge is 0.212 e. The minimum Gasteiger partial charge on any atom is -0.370 e. The van der Waals surface area contributed by atoms with E-state index in [1.54, 1.807) is 5.38 Å². The minimum absolute atomic E-state index is 0. The number of Topliss-reactive ketones (excluding diaryl/α,β-unsaturated/α-hetero) is 1. The Balaban J connectivity index is 0.00000169. The SMILES string of the molecule is Br.NC(N)=Nc1nc(C(=O)CBr)cs1. The number of rotatable bonds is 3. The van der Waals surface area contributed by atoms with Gasteiger partial charge < -0.3 is 11.5 Å². The van der Waals surface area contributed by atoms with Crippen molar-refractivity contribution >= 4 is 61.1 Å². The van der Waals surface area contributed by atoms with Crippen molar-refractivity contribution in [1.82, 2.24) is 4.98 Å². The molecule has 0 fully saturated rings. The lowest BCUT2D eigenvalue weighted by Crippen LogP contribution is -2.21.